The Labute approximate surface area is 61.7 Å². The van der Waals surface area contributed by atoms with Gasteiger partial charge in [0.2, 0.25) is 0 Å². The van der Waals surface area contributed by atoms with E-state index in [-0.39, 0.29) is 0 Å². The second kappa shape index (κ2) is 2.81. The van der Waals surface area contributed by atoms with Crippen molar-refractivity contribution in [2.45, 2.75) is 24.6 Å². The predicted octanol–water partition coefficient (Wildman–Crippen LogP) is -2.58. The fourth-order valence-electron chi connectivity index (χ4n) is 0.684. The highest BCUT2D eigenvalue weighted by Crippen LogP contribution is 2.18. The van der Waals surface area contributed by atoms with Crippen molar-refractivity contribution in [1.29, 1.82) is 0 Å². The van der Waals surface area contributed by atoms with Crippen LogP contribution in [0, 0.1) is 0 Å². The summed E-state index contributed by atoms with van der Waals surface area (Å²) < 4.78 is 24.6. The highest BCUT2D eigenvalue weighted by Gasteiger charge is 2.41. The third-order valence-corrected chi connectivity index (χ3v) is 1.26. The number of aliphatic hydroxyl groups excluding tert-OH is 2. The van der Waals surface area contributed by atoms with Crippen molar-refractivity contribution in [2.24, 2.45) is 0 Å². The van der Waals surface area contributed by atoms with Gasteiger partial charge in [0.25, 0.3) is 0 Å². The molecular weight excluding hydrogens is 140 g/mol. The van der Waals surface area contributed by atoms with E-state index in [1.807, 2.05) is 0 Å². The summed E-state index contributed by atoms with van der Waals surface area (Å²) in [6.45, 7) is -2.92. The maximum absolute atomic E-state index is 9.07. The van der Waals surface area contributed by atoms with Crippen LogP contribution in [0.1, 0.15) is 4.11 Å². The van der Waals surface area contributed by atoms with Gasteiger partial charge >= 0.3 is 0 Å². The van der Waals surface area contributed by atoms with Crippen LogP contribution in [0.15, 0.2) is 0 Å². The summed E-state index contributed by atoms with van der Waals surface area (Å²) in [5.41, 5.74) is 0. The average molecular weight is 153 g/mol. The number of hydrogen-bond acceptors (Lipinski definition) is 5. The Hall–Kier alpha value is -0.200. The molecule has 0 spiro atoms. The van der Waals surface area contributed by atoms with E-state index >= 15 is 0 Å². The zero-order valence-corrected chi connectivity index (χ0v) is 4.93. The number of aliphatic hydroxyl groups is 4. The average Bonchev–Trinajstić information content (AvgIpc) is 2.12. The van der Waals surface area contributed by atoms with Crippen LogP contribution >= 0.6 is 0 Å². The molecule has 1 aliphatic rings. The van der Waals surface area contributed by atoms with Gasteiger partial charge in [-0.3, -0.25) is 0 Å². The van der Waals surface area contributed by atoms with Crippen molar-refractivity contribution in [3.8, 4) is 0 Å². The van der Waals surface area contributed by atoms with E-state index in [2.05, 4.69) is 4.74 Å². The molecule has 0 aromatic rings. The normalized spacial score (nSPS) is 61.2. The summed E-state index contributed by atoms with van der Waals surface area (Å²) in [5.74, 6) is 0. The maximum atomic E-state index is 9.07. The van der Waals surface area contributed by atoms with Gasteiger partial charge in [0, 0.05) is 0 Å². The molecule has 0 radical (unpaired) electrons. The molecule has 1 rings (SSSR count). The van der Waals surface area contributed by atoms with Crippen LogP contribution in [0.5, 0.6) is 0 Å². The third kappa shape index (κ3) is 1.14. The molecule has 10 heavy (non-hydrogen) atoms. The quantitative estimate of drug-likeness (QED) is 0.332. The van der Waals surface area contributed by atoms with E-state index in [1.54, 1.807) is 0 Å². The second-order valence-corrected chi connectivity index (χ2v) is 1.94. The molecule has 5 heteroatoms. The van der Waals surface area contributed by atoms with Crippen molar-refractivity contribution in [1.82, 2.24) is 0 Å². The molecule has 0 aliphatic carbocycles. The summed E-state index contributed by atoms with van der Waals surface area (Å²) in [7, 11) is 0. The van der Waals surface area contributed by atoms with Crippen LogP contribution < -0.4 is 0 Å². The van der Waals surface area contributed by atoms with Crippen LogP contribution in [0.25, 0.3) is 0 Å². The SMILES string of the molecule is [2H]C([2H])(O)[C@H]1O[C@@]([2H])(O)[C@@H](O)C1O. The van der Waals surface area contributed by atoms with Gasteiger partial charge in [-0.05, 0) is 0 Å². The molecule has 1 unspecified atom stereocenters. The van der Waals surface area contributed by atoms with Crippen LogP contribution in [0.2, 0.25) is 0 Å². The second-order valence-electron chi connectivity index (χ2n) is 1.94. The van der Waals surface area contributed by atoms with Crippen LogP contribution in [-0.4, -0.2) is 51.6 Å². The lowest BCUT2D eigenvalue weighted by Gasteiger charge is -2.09. The first-order chi connectivity index (χ1) is 5.66. The molecule has 1 aliphatic heterocycles. The topological polar surface area (TPSA) is 90.2 Å². The van der Waals surface area contributed by atoms with E-state index in [9.17, 15) is 0 Å². The Bertz CT molecular complexity index is 203. The van der Waals surface area contributed by atoms with Crippen molar-refractivity contribution in [2.75, 3.05) is 6.56 Å². The van der Waals surface area contributed by atoms with Gasteiger partial charge in [0.05, 0.1) is 10.7 Å². The highest BCUT2D eigenvalue weighted by atomic mass is 16.6. The highest BCUT2D eigenvalue weighted by molar-refractivity contribution is 4.84. The largest absolute Gasteiger partial charge is 0.394 e. The molecule has 60 valence electrons. The van der Waals surface area contributed by atoms with Gasteiger partial charge in [-0.25, -0.2) is 0 Å². The fourth-order valence-corrected chi connectivity index (χ4v) is 0.684. The van der Waals surface area contributed by atoms with Gasteiger partial charge in [-0.2, -0.15) is 0 Å². The van der Waals surface area contributed by atoms with Gasteiger partial charge in [0.1, 0.15) is 18.3 Å². The van der Waals surface area contributed by atoms with E-state index in [1.165, 1.54) is 0 Å². The standard InChI is InChI=1S/C5H10O5/c6-1-2-3(7)4(8)5(9)10-2/h2-9H,1H2/t2-,3?,4+,5-/m1/s1/i1D2,5D. The molecule has 1 heterocycles. The molecule has 0 aromatic heterocycles. The Morgan fingerprint density at radius 1 is 1.40 bits per heavy atom. The zero-order chi connectivity index (χ0) is 10.4. The Morgan fingerprint density at radius 3 is 2.20 bits per heavy atom. The van der Waals surface area contributed by atoms with Crippen LogP contribution in [-0.2, 0) is 4.74 Å². The maximum Gasteiger partial charge on any atom is 0.184 e. The fraction of sp³-hybridized carbons (Fsp3) is 1.00. The minimum Gasteiger partial charge on any atom is -0.394 e. The first-order valence-electron chi connectivity index (χ1n) is 4.15. The van der Waals surface area contributed by atoms with E-state index < -0.39 is 31.1 Å². The summed E-state index contributed by atoms with van der Waals surface area (Å²) in [5, 5.41) is 35.7. The molecule has 0 aromatic carbocycles. The van der Waals surface area contributed by atoms with Gasteiger partial charge in [-0.15, -0.1) is 0 Å². The van der Waals surface area contributed by atoms with Crippen molar-refractivity contribution < 1.29 is 29.3 Å². The van der Waals surface area contributed by atoms with Gasteiger partial charge in [0.15, 0.2) is 6.27 Å². The summed E-state index contributed by atoms with van der Waals surface area (Å²) >= 11 is 0. The number of rotatable bonds is 1. The first kappa shape index (κ1) is 4.63. The van der Waals surface area contributed by atoms with E-state index in [4.69, 9.17) is 24.5 Å². The molecule has 4 atom stereocenters. The van der Waals surface area contributed by atoms with Crippen molar-refractivity contribution >= 4 is 0 Å². The Balaban J connectivity index is 2.84. The number of ether oxygens (including phenoxy) is 1. The lowest BCUT2D eigenvalue weighted by Crippen LogP contribution is -2.33. The Morgan fingerprint density at radius 2 is 2.00 bits per heavy atom. The molecule has 4 N–H and O–H groups in total. The predicted molar refractivity (Wildman–Crippen MR) is 30.0 cm³/mol. The third-order valence-electron chi connectivity index (χ3n) is 1.26. The molecule has 0 amide bonds. The monoisotopic (exact) mass is 153 g/mol. The molecule has 0 saturated carbocycles. The van der Waals surface area contributed by atoms with E-state index in [0.29, 0.717) is 0 Å². The molecule has 1 saturated heterocycles. The summed E-state index contributed by atoms with van der Waals surface area (Å²) in [6, 6.07) is 0. The minimum atomic E-state index is -2.92. The Kier molecular flexibility index (Phi) is 1.30. The molecule has 0 bridgehead atoms. The summed E-state index contributed by atoms with van der Waals surface area (Å²) in [4.78, 5) is 0. The lowest BCUT2D eigenvalue weighted by atomic mass is 10.1. The van der Waals surface area contributed by atoms with E-state index in [0.717, 1.165) is 0 Å². The van der Waals surface area contributed by atoms with Crippen molar-refractivity contribution in [3.63, 3.8) is 0 Å². The number of hydrogen-bond donors (Lipinski definition) is 4. The molecule has 1 fully saturated rings. The zero-order valence-electron chi connectivity index (χ0n) is 7.93. The molecular formula is C5H10O5. The van der Waals surface area contributed by atoms with Crippen LogP contribution in [0.4, 0.5) is 0 Å². The van der Waals surface area contributed by atoms with Gasteiger partial charge in [-0.1, -0.05) is 0 Å². The summed E-state index contributed by atoms with van der Waals surface area (Å²) in [6.07, 6.45) is -8.45. The molecule has 5 nitrogen and oxygen atoms in total. The smallest absolute Gasteiger partial charge is 0.184 e. The minimum absolute atomic E-state index is 1.84. The van der Waals surface area contributed by atoms with Gasteiger partial charge < -0.3 is 25.2 Å². The lowest BCUT2D eigenvalue weighted by molar-refractivity contribution is -0.132. The van der Waals surface area contributed by atoms with Crippen LogP contribution in [0.3, 0.4) is 0 Å². The van der Waals surface area contributed by atoms with Crippen molar-refractivity contribution in [3.05, 3.63) is 0 Å². The first-order valence-corrected chi connectivity index (χ1v) is 2.65.